The van der Waals surface area contributed by atoms with Crippen molar-refractivity contribution in [2.75, 3.05) is 13.1 Å². The molecule has 102 valence electrons. The number of hydrogen-bond acceptors (Lipinski definition) is 3. The summed E-state index contributed by atoms with van der Waals surface area (Å²) < 4.78 is 1.26. The first-order valence-corrected chi connectivity index (χ1v) is 8.46. The molecule has 4 heteroatoms. The molecular weight excluding hydrogens is 308 g/mol. The molecule has 0 aliphatic carbocycles. The molecule has 1 aromatic heterocycles. The van der Waals surface area contributed by atoms with E-state index >= 15 is 0 Å². The lowest BCUT2D eigenvalue weighted by Gasteiger charge is -2.45. The highest BCUT2D eigenvalue weighted by atomic mass is 79.9. The van der Waals surface area contributed by atoms with E-state index in [1.807, 2.05) is 11.3 Å². The minimum absolute atomic E-state index is 0.273. The van der Waals surface area contributed by atoms with E-state index in [0.717, 1.165) is 19.6 Å². The van der Waals surface area contributed by atoms with Crippen LogP contribution in [-0.4, -0.2) is 29.6 Å². The Morgan fingerprint density at radius 1 is 1.56 bits per heavy atom. The van der Waals surface area contributed by atoms with Crippen molar-refractivity contribution in [1.82, 2.24) is 10.2 Å². The van der Waals surface area contributed by atoms with Crippen molar-refractivity contribution in [3.63, 3.8) is 0 Å². The number of nitrogens with one attached hydrogen (secondary N) is 1. The maximum atomic E-state index is 3.72. The van der Waals surface area contributed by atoms with Gasteiger partial charge in [0.05, 0.1) is 0 Å². The highest BCUT2D eigenvalue weighted by Crippen LogP contribution is 2.28. The zero-order valence-corrected chi connectivity index (χ0v) is 13.9. The fourth-order valence-corrected chi connectivity index (χ4v) is 4.08. The van der Waals surface area contributed by atoms with Crippen molar-refractivity contribution < 1.29 is 0 Å². The minimum Gasteiger partial charge on any atom is -0.309 e. The van der Waals surface area contributed by atoms with Gasteiger partial charge in [-0.1, -0.05) is 13.8 Å². The van der Waals surface area contributed by atoms with Crippen molar-refractivity contribution >= 4 is 27.3 Å². The number of piperazine rings is 1. The van der Waals surface area contributed by atoms with E-state index in [0.29, 0.717) is 6.04 Å². The van der Waals surface area contributed by atoms with Gasteiger partial charge in [-0.2, -0.15) is 0 Å². The van der Waals surface area contributed by atoms with E-state index in [2.05, 4.69) is 58.4 Å². The summed E-state index contributed by atoms with van der Waals surface area (Å²) in [4.78, 5) is 4.10. The van der Waals surface area contributed by atoms with Crippen molar-refractivity contribution in [1.29, 1.82) is 0 Å². The van der Waals surface area contributed by atoms with Gasteiger partial charge in [0.1, 0.15) is 0 Å². The molecule has 1 saturated heterocycles. The Hall–Kier alpha value is 0.100. The van der Waals surface area contributed by atoms with Crippen molar-refractivity contribution in [2.24, 2.45) is 0 Å². The SMILES string of the molecule is CCC1CNC(C)(CC)CN1Cc1sccc1Br. The second-order valence-corrected chi connectivity index (χ2v) is 7.31. The van der Waals surface area contributed by atoms with Gasteiger partial charge in [0.2, 0.25) is 0 Å². The fourth-order valence-electron chi connectivity index (χ4n) is 2.57. The highest BCUT2D eigenvalue weighted by molar-refractivity contribution is 9.10. The Morgan fingerprint density at radius 2 is 2.33 bits per heavy atom. The van der Waals surface area contributed by atoms with Crippen molar-refractivity contribution in [3.05, 3.63) is 20.8 Å². The van der Waals surface area contributed by atoms with E-state index in [-0.39, 0.29) is 5.54 Å². The average molecular weight is 331 g/mol. The first kappa shape index (κ1) is 14.5. The molecule has 1 aromatic rings. The van der Waals surface area contributed by atoms with Crippen LogP contribution in [-0.2, 0) is 6.54 Å². The monoisotopic (exact) mass is 330 g/mol. The second-order valence-electron chi connectivity index (χ2n) is 5.45. The Bertz CT molecular complexity index is 393. The molecule has 0 radical (unpaired) electrons. The molecule has 2 unspecified atom stereocenters. The van der Waals surface area contributed by atoms with Crippen LogP contribution >= 0.6 is 27.3 Å². The third-order valence-electron chi connectivity index (χ3n) is 4.12. The molecular formula is C14H23BrN2S. The molecule has 2 heterocycles. The number of thiophene rings is 1. The van der Waals surface area contributed by atoms with Crippen molar-refractivity contribution in [3.8, 4) is 0 Å². The van der Waals surface area contributed by atoms with Gasteiger partial charge in [-0.15, -0.1) is 11.3 Å². The molecule has 0 spiro atoms. The van der Waals surface area contributed by atoms with Crippen molar-refractivity contribution in [2.45, 2.75) is 51.7 Å². The normalized spacial score (nSPS) is 29.7. The van der Waals surface area contributed by atoms with Crippen LogP contribution in [0, 0.1) is 0 Å². The fraction of sp³-hybridized carbons (Fsp3) is 0.714. The molecule has 1 aliphatic heterocycles. The Labute approximate surface area is 123 Å². The standard InChI is InChI=1S/C14H23BrN2S/c1-4-11-8-16-14(3,5-2)10-17(11)9-13-12(15)6-7-18-13/h6-7,11,16H,4-5,8-10H2,1-3H3. The van der Waals surface area contributed by atoms with Crippen LogP contribution in [0.5, 0.6) is 0 Å². The number of nitrogens with zero attached hydrogens (tertiary/aromatic N) is 1. The molecule has 0 saturated carbocycles. The first-order chi connectivity index (χ1) is 8.58. The molecule has 2 atom stereocenters. The van der Waals surface area contributed by atoms with Crippen LogP contribution < -0.4 is 5.32 Å². The zero-order chi connectivity index (χ0) is 13.2. The topological polar surface area (TPSA) is 15.3 Å². The van der Waals surface area contributed by atoms with Crippen LogP contribution in [0.1, 0.15) is 38.5 Å². The summed E-state index contributed by atoms with van der Waals surface area (Å²) >= 11 is 5.50. The average Bonchev–Trinajstić information content (AvgIpc) is 2.76. The predicted molar refractivity (Wildman–Crippen MR) is 83.2 cm³/mol. The maximum absolute atomic E-state index is 3.72. The smallest absolute Gasteiger partial charge is 0.0343 e. The Kier molecular flexibility index (Phi) is 4.86. The summed E-state index contributed by atoms with van der Waals surface area (Å²) in [5, 5.41) is 5.89. The van der Waals surface area contributed by atoms with Gasteiger partial charge < -0.3 is 5.32 Å². The largest absolute Gasteiger partial charge is 0.309 e. The van der Waals surface area contributed by atoms with Crippen LogP contribution in [0.4, 0.5) is 0 Å². The van der Waals surface area contributed by atoms with Crippen LogP contribution in [0.3, 0.4) is 0 Å². The third kappa shape index (κ3) is 3.16. The lowest BCUT2D eigenvalue weighted by molar-refractivity contribution is 0.0762. The van der Waals surface area contributed by atoms with Crippen LogP contribution in [0.15, 0.2) is 15.9 Å². The van der Waals surface area contributed by atoms with Gasteiger partial charge in [-0.25, -0.2) is 0 Å². The third-order valence-corrected chi connectivity index (χ3v) is 6.03. The summed E-state index contributed by atoms with van der Waals surface area (Å²) in [6.45, 7) is 10.2. The molecule has 2 nitrogen and oxygen atoms in total. The van der Waals surface area contributed by atoms with Gasteiger partial charge in [0, 0.05) is 40.6 Å². The molecule has 2 rings (SSSR count). The summed E-state index contributed by atoms with van der Waals surface area (Å²) in [6.07, 6.45) is 2.40. The van der Waals surface area contributed by atoms with Crippen LogP contribution in [0.2, 0.25) is 0 Å². The summed E-state index contributed by atoms with van der Waals surface area (Å²) in [6, 6.07) is 2.82. The van der Waals surface area contributed by atoms with E-state index in [1.165, 1.54) is 22.2 Å². The second kappa shape index (κ2) is 6.04. The molecule has 1 aliphatic rings. The lowest BCUT2D eigenvalue weighted by Crippen LogP contribution is -2.62. The van der Waals surface area contributed by atoms with E-state index in [4.69, 9.17) is 0 Å². The van der Waals surface area contributed by atoms with Gasteiger partial charge in [-0.05, 0) is 47.1 Å². The lowest BCUT2D eigenvalue weighted by atomic mass is 9.93. The summed E-state index contributed by atoms with van der Waals surface area (Å²) in [5.41, 5.74) is 0.273. The summed E-state index contributed by atoms with van der Waals surface area (Å²) in [7, 11) is 0. The molecule has 18 heavy (non-hydrogen) atoms. The first-order valence-electron chi connectivity index (χ1n) is 6.79. The van der Waals surface area contributed by atoms with E-state index in [9.17, 15) is 0 Å². The number of rotatable bonds is 4. The van der Waals surface area contributed by atoms with Gasteiger partial charge >= 0.3 is 0 Å². The molecule has 0 bridgehead atoms. The van der Waals surface area contributed by atoms with E-state index < -0.39 is 0 Å². The predicted octanol–water partition coefficient (Wildman–Crippen LogP) is 3.86. The van der Waals surface area contributed by atoms with E-state index in [1.54, 1.807) is 0 Å². The van der Waals surface area contributed by atoms with Gasteiger partial charge in [0.15, 0.2) is 0 Å². The Balaban J connectivity index is 2.09. The molecule has 1 fully saturated rings. The minimum atomic E-state index is 0.273. The number of halogens is 1. The molecule has 0 amide bonds. The Morgan fingerprint density at radius 3 is 2.89 bits per heavy atom. The maximum Gasteiger partial charge on any atom is 0.0343 e. The zero-order valence-electron chi connectivity index (χ0n) is 11.5. The van der Waals surface area contributed by atoms with Crippen LogP contribution in [0.25, 0.3) is 0 Å². The summed E-state index contributed by atoms with van der Waals surface area (Å²) in [5.74, 6) is 0. The van der Waals surface area contributed by atoms with Gasteiger partial charge in [-0.3, -0.25) is 4.90 Å². The quantitative estimate of drug-likeness (QED) is 0.901. The molecule has 0 aromatic carbocycles. The highest BCUT2D eigenvalue weighted by Gasteiger charge is 2.33. The molecule has 1 N–H and O–H groups in total. The van der Waals surface area contributed by atoms with Gasteiger partial charge in [0.25, 0.3) is 0 Å². The number of hydrogen-bond donors (Lipinski definition) is 1.